The molecular formula is C12H11BrClN3O2. The molecule has 0 radical (unpaired) electrons. The average molecular weight is 345 g/mol. The summed E-state index contributed by atoms with van der Waals surface area (Å²) in [5, 5.41) is 17.3. The molecule has 0 unspecified atom stereocenters. The maximum absolute atomic E-state index is 11.4. The highest BCUT2D eigenvalue weighted by Gasteiger charge is 2.18. The molecule has 0 spiro atoms. The van der Waals surface area contributed by atoms with Gasteiger partial charge in [-0.2, -0.15) is 0 Å². The fourth-order valence-corrected chi connectivity index (χ4v) is 2.36. The lowest BCUT2D eigenvalue weighted by atomic mass is 10.1. The van der Waals surface area contributed by atoms with Gasteiger partial charge in [0.15, 0.2) is 5.82 Å². The molecule has 7 heteroatoms. The van der Waals surface area contributed by atoms with Crippen molar-refractivity contribution in [2.75, 3.05) is 0 Å². The Morgan fingerprint density at radius 1 is 1.42 bits per heavy atom. The molecule has 100 valence electrons. The second-order valence-corrected chi connectivity index (χ2v) is 5.00. The van der Waals surface area contributed by atoms with E-state index in [2.05, 4.69) is 26.1 Å². The van der Waals surface area contributed by atoms with E-state index in [1.165, 1.54) is 0 Å². The van der Waals surface area contributed by atoms with Crippen molar-refractivity contribution in [2.24, 2.45) is 0 Å². The summed E-state index contributed by atoms with van der Waals surface area (Å²) in [5.74, 6) is 0.374. The molecule has 0 saturated heterocycles. The van der Waals surface area contributed by atoms with Gasteiger partial charge in [-0.25, -0.2) is 4.79 Å². The van der Waals surface area contributed by atoms with Gasteiger partial charge in [-0.1, -0.05) is 22.9 Å². The van der Waals surface area contributed by atoms with Crippen LogP contribution in [0, 0.1) is 0 Å². The molecule has 1 N–H and O–H groups in total. The van der Waals surface area contributed by atoms with E-state index in [9.17, 15) is 9.90 Å². The lowest BCUT2D eigenvalue weighted by molar-refractivity contribution is 0.0697. The monoisotopic (exact) mass is 343 g/mol. The standard InChI is InChI=1S/C12H11BrClN3O2/c1-2-10-15-16-11(6-14)17(10)9-4-3-7(13)5-8(9)12(18)19/h3-5H,2,6H2,1H3,(H,18,19). The Bertz CT molecular complexity index is 606. The topological polar surface area (TPSA) is 68.0 Å². The number of aryl methyl sites for hydroxylation is 1. The van der Waals surface area contributed by atoms with Crippen LogP contribution in [0.3, 0.4) is 0 Å². The predicted octanol–water partition coefficient (Wildman–Crippen LogP) is 3.03. The molecule has 0 aliphatic rings. The van der Waals surface area contributed by atoms with E-state index >= 15 is 0 Å². The molecule has 2 rings (SSSR count). The number of carbonyl (C=O) groups is 1. The number of benzene rings is 1. The van der Waals surface area contributed by atoms with Crippen LogP contribution in [0.5, 0.6) is 0 Å². The Balaban J connectivity index is 2.71. The van der Waals surface area contributed by atoms with Crippen molar-refractivity contribution in [3.05, 3.63) is 39.9 Å². The average Bonchev–Trinajstić information content (AvgIpc) is 2.81. The van der Waals surface area contributed by atoms with Gasteiger partial charge >= 0.3 is 5.97 Å². The summed E-state index contributed by atoms with van der Waals surface area (Å²) < 4.78 is 2.40. The number of halogens is 2. The van der Waals surface area contributed by atoms with Crippen LogP contribution in [-0.4, -0.2) is 25.8 Å². The first kappa shape index (κ1) is 14.0. The van der Waals surface area contributed by atoms with E-state index in [0.29, 0.717) is 28.2 Å². The molecule has 0 aliphatic heterocycles. The van der Waals surface area contributed by atoms with E-state index in [0.717, 1.165) is 0 Å². The molecule has 1 aromatic heterocycles. The molecule has 5 nitrogen and oxygen atoms in total. The van der Waals surface area contributed by atoms with Crippen LogP contribution < -0.4 is 0 Å². The van der Waals surface area contributed by atoms with Gasteiger partial charge in [0.25, 0.3) is 0 Å². The van der Waals surface area contributed by atoms with Crippen LogP contribution in [0.1, 0.15) is 28.9 Å². The van der Waals surface area contributed by atoms with Gasteiger partial charge in [-0.05, 0) is 18.2 Å². The Kier molecular flexibility index (Phi) is 4.21. The molecule has 0 bridgehead atoms. The summed E-state index contributed by atoms with van der Waals surface area (Å²) in [6, 6.07) is 5.04. The number of aromatic nitrogens is 3. The SMILES string of the molecule is CCc1nnc(CCl)n1-c1ccc(Br)cc1C(=O)O. The summed E-state index contributed by atoms with van der Waals surface area (Å²) in [4.78, 5) is 11.4. The molecule has 19 heavy (non-hydrogen) atoms. The number of alkyl halides is 1. The van der Waals surface area contributed by atoms with Crippen LogP contribution in [-0.2, 0) is 12.3 Å². The van der Waals surface area contributed by atoms with E-state index in [1.807, 2.05) is 6.92 Å². The van der Waals surface area contributed by atoms with Gasteiger partial charge < -0.3 is 5.11 Å². The third kappa shape index (κ3) is 2.64. The fourth-order valence-electron chi connectivity index (χ4n) is 1.82. The highest BCUT2D eigenvalue weighted by molar-refractivity contribution is 9.10. The molecule has 0 aliphatic carbocycles. The summed E-state index contributed by atoms with van der Waals surface area (Å²) in [5.41, 5.74) is 0.698. The van der Waals surface area contributed by atoms with Crippen LogP contribution in [0.4, 0.5) is 0 Å². The normalized spacial score (nSPS) is 10.7. The van der Waals surface area contributed by atoms with Gasteiger partial charge in [-0.3, -0.25) is 4.57 Å². The van der Waals surface area contributed by atoms with Crippen LogP contribution in [0.2, 0.25) is 0 Å². The minimum Gasteiger partial charge on any atom is -0.478 e. The number of carboxylic acid groups (broad SMARTS) is 1. The molecule has 0 atom stereocenters. The first-order valence-electron chi connectivity index (χ1n) is 5.60. The highest BCUT2D eigenvalue weighted by Crippen LogP contribution is 2.23. The molecule has 1 aromatic carbocycles. The maximum Gasteiger partial charge on any atom is 0.337 e. The Hall–Kier alpha value is -1.40. The van der Waals surface area contributed by atoms with Crippen molar-refractivity contribution >= 4 is 33.5 Å². The molecule has 2 aromatic rings. The zero-order chi connectivity index (χ0) is 14.0. The van der Waals surface area contributed by atoms with E-state index in [1.54, 1.807) is 22.8 Å². The Labute approximate surface area is 123 Å². The summed E-state index contributed by atoms with van der Waals surface area (Å²) in [6.07, 6.45) is 0.638. The number of hydrogen-bond acceptors (Lipinski definition) is 3. The van der Waals surface area contributed by atoms with Crippen molar-refractivity contribution in [1.29, 1.82) is 0 Å². The van der Waals surface area contributed by atoms with E-state index in [-0.39, 0.29) is 11.4 Å². The molecule has 0 saturated carbocycles. The van der Waals surface area contributed by atoms with Crippen molar-refractivity contribution < 1.29 is 9.90 Å². The largest absolute Gasteiger partial charge is 0.478 e. The van der Waals surface area contributed by atoms with Gasteiger partial charge in [-0.15, -0.1) is 21.8 Å². The predicted molar refractivity (Wildman–Crippen MR) is 75.0 cm³/mol. The van der Waals surface area contributed by atoms with Gasteiger partial charge in [0.05, 0.1) is 17.1 Å². The number of rotatable bonds is 4. The first-order chi connectivity index (χ1) is 9.08. The van der Waals surface area contributed by atoms with Crippen molar-refractivity contribution in [3.63, 3.8) is 0 Å². The number of nitrogens with zero attached hydrogens (tertiary/aromatic N) is 3. The Morgan fingerprint density at radius 2 is 2.11 bits per heavy atom. The minimum absolute atomic E-state index is 0.169. The first-order valence-corrected chi connectivity index (χ1v) is 6.93. The fraction of sp³-hybridized carbons (Fsp3) is 0.250. The number of hydrogen-bond donors (Lipinski definition) is 1. The second-order valence-electron chi connectivity index (χ2n) is 3.82. The zero-order valence-electron chi connectivity index (χ0n) is 10.1. The summed E-state index contributed by atoms with van der Waals surface area (Å²) in [7, 11) is 0. The van der Waals surface area contributed by atoms with E-state index in [4.69, 9.17) is 11.6 Å². The van der Waals surface area contributed by atoms with Crippen LogP contribution in [0.15, 0.2) is 22.7 Å². The third-order valence-corrected chi connectivity index (χ3v) is 3.40. The smallest absolute Gasteiger partial charge is 0.337 e. The maximum atomic E-state index is 11.4. The lowest BCUT2D eigenvalue weighted by Gasteiger charge is -2.11. The summed E-state index contributed by atoms with van der Waals surface area (Å²) >= 11 is 9.10. The van der Waals surface area contributed by atoms with Gasteiger partial charge in [0, 0.05) is 10.9 Å². The molecule has 1 heterocycles. The lowest BCUT2D eigenvalue weighted by Crippen LogP contribution is -2.10. The van der Waals surface area contributed by atoms with Crippen molar-refractivity contribution in [3.8, 4) is 5.69 Å². The molecule has 0 fully saturated rings. The molecular weight excluding hydrogens is 334 g/mol. The van der Waals surface area contributed by atoms with Crippen molar-refractivity contribution in [2.45, 2.75) is 19.2 Å². The highest BCUT2D eigenvalue weighted by atomic mass is 79.9. The van der Waals surface area contributed by atoms with Gasteiger partial charge in [0.1, 0.15) is 5.82 Å². The number of aromatic carboxylic acids is 1. The van der Waals surface area contributed by atoms with Crippen LogP contribution in [0.25, 0.3) is 5.69 Å². The number of carboxylic acids is 1. The zero-order valence-corrected chi connectivity index (χ0v) is 12.4. The third-order valence-electron chi connectivity index (χ3n) is 2.66. The van der Waals surface area contributed by atoms with Gasteiger partial charge in [0.2, 0.25) is 0 Å². The second kappa shape index (κ2) is 5.71. The van der Waals surface area contributed by atoms with Crippen molar-refractivity contribution in [1.82, 2.24) is 14.8 Å². The summed E-state index contributed by atoms with van der Waals surface area (Å²) in [6.45, 7) is 1.93. The quantitative estimate of drug-likeness (QED) is 0.866. The minimum atomic E-state index is -1.01. The Morgan fingerprint density at radius 3 is 2.68 bits per heavy atom. The van der Waals surface area contributed by atoms with E-state index < -0.39 is 5.97 Å². The molecule has 0 amide bonds. The van der Waals surface area contributed by atoms with Crippen LogP contribution >= 0.6 is 27.5 Å².